The van der Waals surface area contributed by atoms with Gasteiger partial charge in [0.25, 0.3) is 0 Å². The molecule has 0 amide bonds. The van der Waals surface area contributed by atoms with E-state index in [1.807, 2.05) is 0 Å². The average Bonchev–Trinajstić information content (AvgIpc) is 3.77. The zero-order chi connectivity index (χ0) is 35.3. The van der Waals surface area contributed by atoms with Crippen LogP contribution in [0.1, 0.15) is 47.2 Å². The first kappa shape index (κ1) is 30.2. The standard InChI is InChI=1S/C52H37N/c1-51(2)42-27-15-14-26-40(42)48-46(51)33-47-49(50(48)53(36-20-8-4-9-21-36)37-22-10-5-11-23-37)41-32-35(34-18-6-3-7-19-34)30-31-45(41)52(47)43-28-16-12-24-38(43)39-25-13-17-29-44(39)52/h3-33H,1-2H3. The van der Waals surface area contributed by atoms with Crippen molar-refractivity contribution in [3.05, 3.63) is 221 Å². The van der Waals surface area contributed by atoms with Gasteiger partial charge in [-0.1, -0.05) is 172 Å². The summed E-state index contributed by atoms with van der Waals surface area (Å²) in [6.45, 7) is 4.84. The molecule has 0 saturated heterocycles. The van der Waals surface area contributed by atoms with Gasteiger partial charge in [-0.3, -0.25) is 0 Å². The van der Waals surface area contributed by atoms with Crippen molar-refractivity contribution in [2.24, 2.45) is 0 Å². The number of para-hydroxylation sites is 2. The zero-order valence-corrected chi connectivity index (χ0v) is 29.8. The summed E-state index contributed by atoms with van der Waals surface area (Å²) in [5.41, 5.74) is 21.4. The van der Waals surface area contributed by atoms with E-state index in [2.05, 4.69) is 207 Å². The SMILES string of the molecule is CC1(C)c2ccccc2-c2c1cc1c(c2N(c2ccccc2)c2ccccc2)-c2cc(-c3ccccc3)ccc2C12c1ccccc1-c1ccccc12. The Kier molecular flexibility index (Phi) is 6.29. The summed E-state index contributed by atoms with van der Waals surface area (Å²) in [6.07, 6.45) is 0. The van der Waals surface area contributed by atoms with E-state index in [4.69, 9.17) is 0 Å². The third-order valence-electron chi connectivity index (χ3n) is 12.3. The van der Waals surface area contributed by atoms with Gasteiger partial charge in [-0.15, -0.1) is 0 Å². The van der Waals surface area contributed by atoms with Crippen LogP contribution in [0, 0.1) is 0 Å². The first-order valence-corrected chi connectivity index (χ1v) is 18.7. The molecule has 0 unspecified atom stereocenters. The van der Waals surface area contributed by atoms with Crippen LogP contribution in [0.25, 0.3) is 44.5 Å². The minimum absolute atomic E-state index is 0.211. The van der Waals surface area contributed by atoms with Crippen LogP contribution in [-0.4, -0.2) is 0 Å². The molecule has 0 bridgehead atoms. The van der Waals surface area contributed by atoms with Gasteiger partial charge in [0.2, 0.25) is 0 Å². The highest BCUT2D eigenvalue weighted by Gasteiger charge is 2.54. The molecule has 1 nitrogen and oxygen atoms in total. The van der Waals surface area contributed by atoms with Gasteiger partial charge in [0, 0.05) is 27.9 Å². The lowest BCUT2D eigenvalue weighted by atomic mass is 9.69. The molecule has 0 heterocycles. The number of anilines is 3. The van der Waals surface area contributed by atoms with Gasteiger partial charge in [-0.05, 0) is 97.1 Å². The summed E-state index contributed by atoms with van der Waals surface area (Å²) in [6, 6.07) is 70.1. The molecular weight excluding hydrogens is 639 g/mol. The molecule has 0 aromatic heterocycles. The van der Waals surface area contributed by atoms with Crippen molar-refractivity contribution in [3.8, 4) is 44.5 Å². The maximum Gasteiger partial charge on any atom is 0.0726 e. The maximum atomic E-state index is 2.61. The first-order valence-electron chi connectivity index (χ1n) is 18.7. The van der Waals surface area contributed by atoms with E-state index < -0.39 is 5.41 Å². The molecule has 3 aliphatic carbocycles. The van der Waals surface area contributed by atoms with Crippen LogP contribution in [0.3, 0.4) is 0 Å². The molecule has 8 aromatic rings. The Hall–Kier alpha value is -6.44. The van der Waals surface area contributed by atoms with Crippen molar-refractivity contribution >= 4 is 17.1 Å². The predicted molar refractivity (Wildman–Crippen MR) is 220 cm³/mol. The van der Waals surface area contributed by atoms with Gasteiger partial charge in [0.1, 0.15) is 0 Å². The Morgan fingerprint density at radius 1 is 0.340 bits per heavy atom. The van der Waals surface area contributed by atoms with Crippen LogP contribution in [0.4, 0.5) is 17.1 Å². The molecule has 0 atom stereocenters. The molecule has 53 heavy (non-hydrogen) atoms. The lowest BCUT2D eigenvalue weighted by molar-refractivity contribution is 0.657. The third kappa shape index (κ3) is 3.97. The number of fused-ring (bicyclic) bond motifs is 13. The van der Waals surface area contributed by atoms with Crippen LogP contribution in [-0.2, 0) is 10.8 Å². The fourth-order valence-corrected chi connectivity index (χ4v) is 10.0. The smallest absolute Gasteiger partial charge is 0.0726 e. The topological polar surface area (TPSA) is 3.24 Å². The monoisotopic (exact) mass is 675 g/mol. The van der Waals surface area contributed by atoms with Crippen LogP contribution in [0.2, 0.25) is 0 Å². The van der Waals surface area contributed by atoms with Crippen LogP contribution in [0.5, 0.6) is 0 Å². The van der Waals surface area contributed by atoms with E-state index >= 15 is 0 Å². The molecule has 0 aliphatic heterocycles. The molecule has 0 fully saturated rings. The first-order chi connectivity index (χ1) is 26.1. The van der Waals surface area contributed by atoms with Crippen molar-refractivity contribution in [3.63, 3.8) is 0 Å². The number of benzene rings is 8. The molecule has 250 valence electrons. The minimum Gasteiger partial charge on any atom is -0.309 e. The predicted octanol–water partition coefficient (Wildman–Crippen LogP) is 13.5. The fourth-order valence-electron chi connectivity index (χ4n) is 10.0. The van der Waals surface area contributed by atoms with Gasteiger partial charge in [0.15, 0.2) is 0 Å². The molecule has 1 spiro atoms. The number of hydrogen-bond donors (Lipinski definition) is 0. The number of rotatable bonds is 4. The summed E-state index contributed by atoms with van der Waals surface area (Å²) in [7, 11) is 0. The highest BCUT2D eigenvalue weighted by atomic mass is 15.1. The van der Waals surface area contributed by atoms with Crippen molar-refractivity contribution in [2.45, 2.75) is 24.7 Å². The molecule has 1 heteroatoms. The molecule has 8 aromatic carbocycles. The van der Waals surface area contributed by atoms with Gasteiger partial charge < -0.3 is 4.90 Å². The Labute approximate surface area is 311 Å². The largest absolute Gasteiger partial charge is 0.309 e. The summed E-state index contributed by atoms with van der Waals surface area (Å²) in [4.78, 5) is 2.54. The quantitative estimate of drug-likeness (QED) is 0.179. The highest BCUT2D eigenvalue weighted by molar-refractivity contribution is 6.09. The van der Waals surface area contributed by atoms with E-state index in [9.17, 15) is 0 Å². The highest BCUT2D eigenvalue weighted by Crippen LogP contribution is 2.68. The van der Waals surface area contributed by atoms with Gasteiger partial charge in [-0.25, -0.2) is 0 Å². The zero-order valence-electron chi connectivity index (χ0n) is 29.8. The average molecular weight is 676 g/mol. The fraction of sp³-hybridized carbons (Fsp3) is 0.0769. The maximum absolute atomic E-state index is 2.61. The summed E-state index contributed by atoms with van der Waals surface area (Å²) in [5, 5.41) is 0. The van der Waals surface area contributed by atoms with Crippen LogP contribution >= 0.6 is 0 Å². The van der Waals surface area contributed by atoms with E-state index in [0.717, 1.165) is 11.4 Å². The molecule has 0 N–H and O–H groups in total. The third-order valence-corrected chi connectivity index (χ3v) is 12.3. The van der Waals surface area contributed by atoms with Crippen molar-refractivity contribution in [1.29, 1.82) is 0 Å². The second-order valence-electron chi connectivity index (χ2n) is 15.2. The summed E-state index contributed by atoms with van der Waals surface area (Å²) < 4.78 is 0. The van der Waals surface area contributed by atoms with Crippen LogP contribution in [0.15, 0.2) is 188 Å². The van der Waals surface area contributed by atoms with Crippen LogP contribution < -0.4 is 4.90 Å². The molecule has 0 saturated carbocycles. The van der Waals surface area contributed by atoms with E-state index in [1.165, 1.54) is 83.6 Å². The Morgan fingerprint density at radius 3 is 1.42 bits per heavy atom. The van der Waals surface area contributed by atoms with Crippen molar-refractivity contribution in [2.75, 3.05) is 4.90 Å². The molecular formula is C52H37N. The second-order valence-corrected chi connectivity index (χ2v) is 15.2. The van der Waals surface area contributed by atoms with Crippen molar-refractivity contribution in [1.82, 2.24) is 0 Å². The van der Waals surface area contributed by atoms with Gasteiger partial charge >= 0.3 is 0 Å². The summed E-state index contributed by atoms with van der Waals surface area (Å²) in [5.74, 6) is 0. The lowest BCUT2D eigenvalue weighted by Crippen LogP contribution is -2.27. The van der Waals surface area contributed by atoms with Gasteiger partial charge in [0.05, 0.1) is 11.1 Å². The lowest BCUT2D eigenvalue weighted by Gasteiger charge is -2.34. The Morgan fingerprint density at radius 2 is 0.811 bits per heavy atom. The molecule has 11 rings (SSSR count). The number of hydrogen-bond acceptors (Lipinski definition) is 1. The molecule has 0 radical (unpaired) electrons. The molecule has 3 aliphatic rings. The second kappa shape index (κ2) is 11.0. The van der Waals surface area contributed by atoms with E-state index in [1.54, 1.807) is 0 Å². The minimum atomic E-state index is -0.485. The summed E-state index contributed by atoms with van der Waals surface area (Å²) >= 11 is 0. The Balaban J connectivity index is 1.38. The van der Waals surface area contributed by atoms with E-state index in [0.29, 0.717) is 0 Å². The van der Waals surface area contributed by atoms with Crippen molar-refractivity contribution < 1.29 is 0 Å². The normalized spacial score (nSPS) is 14.5. The Bertz CT molecular complexity index is 2660. The van der Waals surface area contributed by atoms with E-state index in [-0.39, 0.29) is 5.41 Å². The number of nitrogens with zero attached hydrogens (tertiary/aromatic N) is 1. The van der Waals surface area contributed by atoms with Gasteiger partial charge in [-0.2, -0.15) is 0 Å².